The molecule has 0 heterocycles. The molecule has 62 valence electrons. The summed E-state index contributed by atoms with van der Waals surface area (Å²) in [7, 11) is 9.75. The van der Waals surface area contributed by atoms with Gasteiger partial charge in [0.05, 0.1) is 0 Å². The second kappa shape index (κ2) is 8.08. The molecule has 1 rings (SSSR count). The van der Waals surface area contributed by atoms with Gasteiger partial charge >= 0.3 is 35.3 Å². The first-order chi connectivity index (χ1) is 5.35. The molecule has 0 fully saturated rings. The van der Waals surface area contributed by atoms with Crippen LogP contribution in [0.3, 0.4) is 0 Å². The van der Waals surface area contributed by atoms with Crippen molar-refractivity contribution in [1.82, 2.24) is 0 Å². The van der Waals surface area contributed by atoms with Crippen LogP contribution in [0.1, 0.15) is 5.56 Å². The first kappa shape index (κ1) is 11.0. The molecule has 0 aliphatic heterocycles. The summed E-state index contributed by atoms with van der Waals surface area (Å²) in [4.78, 5) is 0. The Morgan fingerprint density at radius 2 is 2.09 bits per heavy atom. The van der Waals surface area contributed by atoms with Crippen LogP contribution in [0.4, 0.5) is 0 Å². The van der Waals surface area contributed by atoms with E-state index in [0.29, 0.717) is 5.56 Å². The SMILES string of the molecule is N#Cc1[c-]cccc1.[Cl][Pt][Cl]. The molecule has 0 spiro atoms. The summed E-state index contributed by atoms with van der Waals surface area (Å²) in [6.45, 7) is 0. The van der Waals surface area contributed by atoms with E-state index in [9.17, 15) is 0 Å². The molecule has 0 N–H and O–H groups in total. The van der Waals surface area contributed by atoms with E-state index in [1.807, 2.05) is 18.2 Å². The van der Waals surface area contributed by atoms with Crippen molar-refractivity contribution in [1.29, 1.82) is 5.26 Å². The predicted molar refractivity (Wildman–Crippen MR) is 41.7 cm³/mol. The van der Waals surface area contributed by atoms with Gasteiger partial charge in [-0.15, -0.1) is 30.3 Å². The van der Waals surface area contributed by atoms with Gasteiger partial charge in [0.1, 0.15) is 0 Å². The molecule has 0 saturated carbocycles. The fourth-order valence-electron chi connectivity index (χ4n) is 0.463. The molecule has 0 aliphatic rings. The summed E-state index contributed by atoms with van der Waals surface area (Å²) in [5, 5.41) is 8.26. The summed E-state index contributed by atoms with van der Waals surface area (Å²) in [5.41, 5.74) is 0.590. The Labute approximate surface area is 82.3 Å². The normalized spacial score (nSPS) is 7.73. The van der Waals surface area contributed by atoms with Gasteiger partial charge in [0, 0.05) is 0 Å². The van der Waals surface area contributed by atoms with E-state index in [2.05, 4.69) is 6.07 Å². The van der Waals surface area contributed by atoms with Gasteiger partial charge in [0.2, 0.25) is 0 Å². The standard InChI is InChI=1S/C7H4N.2ClH.Pt/c8-6-7-4-2-1-3-5-7;;;/h1-4H;2*1H;/q-1;;;+2/p-2. The first-order valence-electron chi connectivity index (χ1n) is 2.54. The quantitative estimate of drug-likeness (QED) is 0.647. The molecule has 1 aromatic rings. The van der Waals surface area contributed by atoms with Crippen molar-refractivity contribution < 1.29 is 16.5 Å². The average molecular weight is 368 g/mol. The fourth-order valence-corrected chi connectivity index (χ4v) is 0.463. The second-order valence-electron chi connectivity index (χ2n) is 1.43. The van der Waals surface area contributed by atoms with Gasteiger partial charge in [-0.3, -0.25) is 5.26 Å². The predicted octanol–water partition coefficient (Wildman–Crippen LogP) is 2.73. The van der Waals surface area contributed by atoms with Crippen LogP contribution in [0, 0.1) is 17.4 Å². The van der Waals surface area contributed by atoms with Crippen LogP contribution < -0.4 is 0 Å². The van der Waals surface area contributed by atoms with Crippen LogP contribution in [0.5, 0.6) is 0 Å². The van der Waals surface area contributed by atoms with E-state index >= 15 is 0 Å². The molecule has 4 heteroatoms. The Hall–Kier alpha value is -0.0217. The van der Waals surface area contributed by atoms with Crippen LogP contribution in [-0.4, -0.2) is 0 Å². The molecule has 0 aromatic heterocycles. The maximum absolute atomic E-state index is 8.26. The summed E-state index contributed by atoms with van der Waals surface area (Å²) < 4.78 is 0. The number of rotatable bonds is 0. The second-order valence-corrected chi connectivity index (χ2v) is 4.72. The monoisotopic (exact) mass is 367 g/mol. The number of hydrogen-bond donors (Lipinski definition) is 0. The first-order valence-corrected chi connectivity index (χ1v) is 8.17. The minimum atomic E-state index is -0.472. The van der Waals surface area contributed by atoms with E-state index in [0.717, 1.165) is 0 Å². The van der Waals surface area contributed by atoms with Gasteiger partial charge in [-0.1, -0.05) is 5.56 Å². The molecule has 0 radical (unpaired) electrons. The van der Waals surface area contributed by atoms with Gasteiger partial charge in [0.15, 0.2) is 0 Å². The van der Waals surface area contributed by atoms with Gasteiger partial charge in [-0.25, -0.2) is 0 Å². The molecule has 0 bridgehead atoms. The zero-order valence-corrected chi connectivity index (χ0v) is 9.11. The molecular formula is C7H4Cl2NPt-. The number of nitrogens with zero attached hydrogens (tertiary/aromatic N) is 1. The van der Waals surface area contributed by atoms with Crippen molar-refractivity contribution >= 4 is 18.8 Å². The Morgan fingerprint density at radius 1 is 1.45 bits per heavy atom. The average Bonchev–Trinajstić information content (AvgIpc) is 2.08. The Balaban J connectivity index is 0.000000292. The Kier molecular flexibility index (Phi) is 8.06. The van der Waals surface area contributed by atoms with Gasteiger partial charge in [0.25, 0.3) is 0 Å². The topological polar surface area (TPSA) is 23.8 Å². The van der Waals surface area contributed by atoms with Gasteiger partial charge in [-0.05, 0) is 6.07 Å². The van der Waals surface area contributed by atoms with Gasteiger partial charge in [-0.2, -0.15) is 0 Å². The molecule has 0 aliphatic carbocycles. The van der Waals surface area contributed by atoms with Gasteiger partial charge < -0.3 is 0 Å². The summed E-state index contributed by atoms with van der Waals surface area (Å²) >= 11 is -0.472. The Morgan fingerprint density at radius 3 is 2.36 bits per heavy atom. The molecule has 0 unspecified atom stereocenters. The number of nitriles is 1. The van der Waals surface area contributed by atoms with Crippen molar-refractivity contribution in [2.45, 2.75) is 0 Å². The minimum absolute atomic E-state index is 0.472. The van der Waals surface area contributed by atoms with E-state index in [4.69, 9.17) is 24.1 Å². The van der Waals surface area contributed by atoms with Crippen LogP contribution >= 0.6 is 18.8 Å². The summed E-state index contributed by atoms with van der Waals surface area (Å²) in [6.07, 6.45) is 0. The van der Waals surface area contributed by atoms with Crippen LogP contribution in [0.2, 0.25) is 0 Å². The van der Waals surface area contributed by atoms with Crippen molar-refractivity contribution in [2.24, 2.45) is 0 Å². The number of hydrogen-bond acceptors (Lipinski definition) is 1. The van der Waals surface area contributed by atoms with Crippen LogP contribution in [0.25, 0.3) is 0 Å². The molecule has 11 heavy (non-hydrogen) atoms. The molecule has 1 aromatic carbocycles. The summed E-state index contributed by atoms with van der Waals surface area (Å²) in [5.74, 6) is 0. The van der Waals surface area contributed by atoms with E-state index in [1.165, 1.54) is 0 Å². The summed E-state index contributed by atoms with van der Waals surface area (Å²) in [6, 6.07) is 11.8. The molecular weight excluding hydrogens is 364 g/mol. The zero-order valence-electron chi connectivity index (χ0n) is 5.33. The van der Waals surface area contributed by atoms with Crippen LogP contribution in [-0.2, 0) is 16.5 Å². The third-order valence-electron chi connectivity index (χ3n) is 0.830. The van der Waals surface area contributed by atoms with E-state index in [1.54, 1.807) is 12.1 Å². The number of halogens is 2. The van der Waals surface area contributed by atoms with Crippen molar-refractivity contribution in [3.63, 3.8) is 0 Å². The van der Waals surface area contributed by atoms with Crippen molar-refractivity contribution in [3.05, 3.63) is 35.9 Å². The number of benzene rings is 1. The fraction of sp³-hybridized carbons (Fsp3) is 0. The van der Waals surface area contributed by atoms with Crippen LogP contribution in [0.15, 0.2) is 24.3 Å². The zero-order chi connectivity index (χ0) is 8.53. The molecule has 1 nitrogen and oxygen atoms in total. The Bertz CT molecular complexity index is 220. The van der Waals surface area contributed by atoms with Crippen molar-refractivity contribution in [2.75, 3.05) is 0 Å². The third kappa shape index (κ3) is 6.38. The maximum atomic E-state index is 8.26. The molecule has 0 amide bonds. The molecule has 0 atom stereocenters. The van der Waals surface area contributed by atoms with E-state index in [-0.39, 0.29) is 0 Å². The third-order valence-corrected chi connectivity index (χ3v) is 0.830. The van der Waals surface area contributed by atoms with Crippen molar-refractivity contribution in [3.8, 4) is 6.07 Å². The molecule has 0 saturated heterocycles. The van der Waals surface area contributed by atoms with E-state index < -0.39 is 16.5 Å².